The van der Waals surface area contributed by atoms with E-state index in [1.807, 2.05) is 19.2 Å². The molecular weight excluding hydrogens is 437 g/mol. The molecule has 0 atom stereocenters. The second kappa shape index (κ2) is 9.62. The zero-order chi connectivity index (χ0) is 24.5. The van der Waals surface area contributed by atoms with Crippen molar-refractivity contribution >= 4 is 11.4 Å². The average molecular weight is 472 g/mol. The minimum absolute atomic E-state index is 0.244. The van der Waals surface area contributed by atoms with Crippen LogP contribution in [0.4, 0.5) is 10.1 Å². The topological polar surface area (TPSA) is 49.5 Å². The Kier molecular flexibility index (Phi) is 6.39. The first-order valence-corrected chi connectivity index (χ1v) is 12.3. The summed E-state index contributed by atoms with van der Waals surface area (Å²) in [5, 5.41) is 3.40. The molecule has 3 N–H and O–H groups in total. The van der Waals surface area contributed by atoms with Crippen molar-refractivity contribution in [3.8, 4) is 22.4 Å². The summed E-state index contributed by atoms with van der Waals surface area (Å²) < 4.78 is 15.8. The molecule has 1 fully saturated rings. The second-order valence-corrected chi connectivity index (χ2v) is 9.45. The highest BCUT2D eigenvalue weighted by molar-refractivity contribution is 5.93. The van der Waals surface area contributed by atoms with Crippen LogP contribution in [0.2, 0.25) is 0 Å². The van der Waals surface area contributed by atoms with Crippen molar-refractivity contribution in [3.63, 3.8) is 0 Å². The molecule has 0 radical (unpaired) electrons. The number of benzene rings is 2. The molecule has 3 aromatic rings. The Morgan fingerprint density at radius 2 is 1.71 bits per heavy atom. The van der Waals surface area contributed by atoms with Gasteiger partial charge in [0.15, 0.2) is 0 Å². The van der Waals surface area contributed by atoms with E-state index >= 15 is 0 Å². The van der Waals surface area contributed by atoms with Gasteiger partial charge in [0.1, 0.15) is 5.82 Å². The van der Waals surface area contributed by atoms with Crippen molar-refractivity contribution in [1.29, 1.82) is 0 Å². The zero-order valence-corrected chi connectivity index (χ0v) is 20.6. The molecule has 0 saturated carbocycles. The Labute approximate surface area is 207 Å². The number of hydrogen-bond acceptors (Lipinski definition) is 4. The quantitative estimate of drug-likeness (QED) is 0.565. The van der Waals surface area contributed by atoms with Crippen LogP contribution in [0.15, 0.2) is 66.9 Å². The Morgan fingerprint density at radius 3 is 2.37 bits per heavy atom. The molecule has 5 rings (SSSR count). The predicted octanol–water partition coefficient (Wildman–Crippen LogP) is 4.74. The lowest BCUT2D eigenvalue weighted by Crippen LogP contribution is -2.46. The van der Waals surface area contributed by atoms with Gasteiger partial charge in [-0.2, -0.15) is 0 Å². The molecule has 0 bridgehead atoms. The molecule has 0 aliphatic carbocycles. The molecule has 6 heteroatoms. The number of rotatable bonds is 5. The maximum atomic E-state index is 13.7. The third-order valence-corrected chi connectivity index (χ3v) is 7.35. The fourth-order valence-electron chi connectivity index (χ4n) is 5.43. The number of hydrogen-bond donors (Lipinski definition) is 2. The third kappa shape index (κ3) is 4.46. The SMILES string of the molecule is C=C(N)c1c(-c2cccc(N3CCN(C4=CCNCC4)CC3)c2)c(-c2ccc(F)cc2)n(C)c1C. The van der Waals surface area contributed by atoms with E-state index in [1.54, 1.807) is 0 Å². The summed E-state index contributed by atoms with van der Waals surface area (Å²) >= 11 is 0. The van der Waals surface area contributed by atoms with Gasteiger partial charge in [-0.25, -0.2) is 4.39 Å². The fraction of sp³-hybridized carbons (Fsp3) is 0.310. The first-order valence-electron chi connectivity index (χ1n) is 12.3. The fourth-order valence-corrected chi connectivity index (χ4v) is 5.43. The van der Waals surface area contributed by atoms with Crippen molar-refractivity contribution in [1.82, 2.24) is 14.8 Å². The van der Waals surface area contributed by atoms with Crippen LogP contribution < -0.4 is 16.0 Å². The summed E-state index contributed by atoms with van der Waals surface area (Å²) in [5.41, 5.74) is 15.6. The lowest BCUT2D eigenvalue weighted by atomic mass is 9.95. The minimum Gasteiger partial charge on any atom is -0.399 e. The summed E-state index contributed by atoms with van der Waals surface area (Å²) in [5.74, 6) is -0.244. The average Bonchev–Trinajstić information content (AvgIpc) is 3.16. The van der Waals surface area contributed by atoms with E-state index in [0.717, 1.165) is 79.3 Å². The van der Waals surface area contributed by atoms with E-state index in [1.165, 1.54) is 23.5 Å². The second-order valence-electron chi connectivity index (χ2n) is 9.45. The maximum Gasteiger partial charge on any atom is 0.123 e. The summed E-state index contributed by atoms with van der Waals surface area (Å²) in [6.45, 7) is 12.2. The Bertz CT molecular complexity index is 1260. The van der Waals surface area contributed by atoms with E-state index in [2.05, 4.69) is 63.5 Å². The number of nitrogens with one attached hydrogen (secondary N) is 1. The highest BCUT2D eigenvalue weighted by Gasteiger charge is 2.24. The molecule has 0 amide bonds. The summed E-state index contributed by atoms with van der Waals surface area (Å²) in [4.78, 5) is 5.00. The number of halogens is 1. The Morgan fingerprint density at radius 1 is 1.00 bits per heavy atom. The van der Waals surface area contributed by atoms with Gasteiger partial charge in [0.2, 0.25) is 0 Å². The standard InChI is InChI=1S/C29H34FN5/c1-20(31)27-21(2)33(3)29(22-7-9-24(30)10-8-22)28(27)23-5-4-6-26(19-23)35-17-15-34(16-18-35)25-11-13-32-14-12-25/h4-11,19,32H,1,12-18,31H2,2-3H3. The van der Waals surface area contributed by atoms with E-state index in [4.69, 9.17) is 5.73 Å². The van der Waals surface area contributed by atoms with Crippen LogP contribution in [0.1, 0.15) is 17.7 Å². The van der Waals surface area contributed by atoms with Gasteiger partial charge in [-0.05, 0) is 60.9 Å². The van der Waals surface area contributed by atoms with Crippen LogP contribution in [-0.4, -0.2) is 48.7 Å². The van der Waals surface area contributed by atoms with Gasteiger partial charge in [-0.3, -0.25) is 0 Å². The highest BCUT2D eigenvalue weighted by Crippen LogP contribution is 2.41. The Balaban J connectivity index is 1.49. The van der Waals surface area contributed by atoms with Gasteiger partial charge in [0, 0.05) is 80.2 Å². The molecule has 2 aliphatic rings. The van der Waals surface area contributed by atoms with Gasteiger partial charge < -0.3 is 25.4 Å². The number of piperazine rings is 1. The lowest BCUT2D eigenvalue weighted by molar-refractivity contribution is 0.305. The highest BCUT2D eigenvalue weighted by atomic mass is 19.1. The molecule has 1 saturated heterocycles. The van der Waals surface area contributed by atoms with Gasteiger partial charge in [0.25, 0.3) is 0 Å². The Hall–Kier alpha value is -3.51. The smallest absolute Gasteiger partial charge is 0.123 e. The van der Waals surface area contributed by atoms with Crippen LogP contribution in [-0.2, 0) is 7.05 Å². The monoisotopic (exact) mass is 471 g/mol. The van der Waals surface area contributed by atoms with Crippen molar-refractivity contribution in [2.24, 2.45) is 12.8 Å². The zero-order valence-electron chi connectivity index (χ0n) is 20.6. The maximum absolute atomic E-state index is 13.7. The number of nitrogens with two attached hydrogens (primary N) is 1. The van der Waals surface area contributed by atoms with E-state index in [0.29, 0.717) is 5.70 Å². The normalized spacial score (nSPS) is 16.4. The first-order chi connectivity index (χ1) is 16.9. The summed E-state index contributed by atoms with van der Waals surface area (Å²) in [6, 6.07) is 15.4. The van der Waals surface area contributed by atoms with E-state index in [9.17, 15) is 4.39 Å². The largest absolute Gasteiger partial charge is 0.399 e. The summed E-state index contributed by atoms with van der Waals surface area (Å²) in [6.07, 6.45) is 3.44. The molecule has 3 heterocycles. The van der Waals surface area contributed by atoms with Gasteiger partial charge >= 0.3 is 0 Å². The lowest BCUT2D eigenvalue weighted by Gasteiger charge is -2.39. The van der Waals surface area contributed by atoms with Crippen LogP contribution in [0.25, 0.3) is 28.1 Å². The number of nitrogens with zero attached hydrogens (tertiary/aromatic N) is 3. The van der Waals surface area contributed by atoms with Gasteiger partial charge in [-0.15, -0.1) is 0 Å². The third-order valence-electron chi connectivity index (χ3n) is 7.35. The molecule has 1 aromatic heterocycles. The molecule has 2 aromatic carbocycles. The van der Waals surface area contributed by atoms with Crippen LogP contribution in [0.3, 0.4) is 0 Å². The molecule has 0 spiro atoms. The van der Waals surface area contributed by atoms with E-state index < -0.39 is 0 Å². The van der Waals surface area contributed by atoms with Crippen molar-refractivity contribution in [2.75, 3.05) is 44.2 Å². The molecule has 182 valence electrons. The van der Waals surface area contributed by atoms with Crippen molar-refractivity contribution in [2.45, 2.75) is 13.3 Å². The summed E-state index contributed by atoms with van der Waals surface area (Å²) in [7, 11) is 2.03. The predicted molar refractivity (Wildman–Crippen MR) is 144 cm³/mol. The van der Waals surface area contributed by atoms with Crippen molar-refractivity contribution in [3.05, 3.63) is 84.0 Å². The van der Waals surface area contributed by atoms with Crippen LogP contribution in [0, 0.1) is 12.7 Å². The van der Waals surface area contributed by atoms with E-state index in [-0.39, 0.29) is 5.82 Å². The minimum atomic E-state index is -0.244. The molecule has 5 nitrogen and oxygen atoms in total. The molecule has 35 heavy (non-hydrogen) atoms. The van der Waals surface area contributed by atoms with Crippen LogP contribution in [0.5, 0.6) is 0 Å². The molecule has 2 aliphatic heterocycles. The van der Waals surface area contributed by atoms with Gasteiger partial charge in [-0.1, -0.05) is 24.8 Å². The van der Waals surface area contributed by atoms with Crippen molar-refractivity contribution < 1.29 is 4.39 Å². The molecular formula is C29H34FN5. The first kappa shape index (κ1) is 23.2. The van der Waals surface area contributed by atoms with Crippen LogP contribution >= 0.6 is 0 Å². The van der Waals surface area contributed by atoms with Gasteiger partial charge in [0.05, 0.1) is 5.69 Å². The molecule has 0 unspecified atom stereocenters. The number of anilines is 1. The number of aromatic nitrogens is 1.